The summed E-state index contributed by atoms with van der Waals surface area (Å²) in [6, 6.07) is 14.0. The van der Waals surface area contributed by atoms with E-state index >= 15 is 0 Å². The summed E-state index contributed by atoms with van der Waals surface area (Å²) < 4.78 is 19.3. The van der Waals surface area contributed by atoms with Crippen molar-refractivity contribution in [3.63, 3.8) is 0 Å². The number of aromatic amines is 1. The van der Waals surface area contributed by atoms with Crippen molar-refractivity contribution in [2.75, 3.05) is 0 Å². The number of benzene rings is 2. The second kappa shape index (κ2) is 6.27. The topological polar surface area (TPSA) is 75.2 Å². The summed E-state index contributed by atoms with van der Waals surface area (Å²) in [4.78, 5) is 12.5. The minimum absolute atomic E-state index is 0.00745. The largest absolute Gasteiger partial charge is 0.491 e. The lowest BCUT2D eigenvalue weighted by molar-refractivity contribution is 0.0988. The van der Waals surface area contributed by atoms with E-state index in [1.165, 1.54) is 12.1 Å². The number of ketones is 1. The van der Waals surface area contributed by atoms with Crippen molar-refractivity contribution >= 4 is 18.4 Å². The Morgan fingerprint density at radius 2 is 2.08 bits per heavy atom. The molecule has 7 heteroatoms. The van der Waals surface area contributed by atoms with Gasteiger partial charge in [0, 0.05) is 11.3 Å². The van der Waals surface area contributed by atoms with Crippen LogP contribution < -0.4 is 5.46 Å². The van der Waals surface area contributed by atoms with Crippen molar-refractivity contribution in [1.29, 1.82) is 0 Å². The molecule has 3 aromatic rings. The van der Waals surface area contributed by atoms with Gasteiger partial charge >= 0.3 is 7.12 Å². The first kappa shape index (κ1) is 15.7. The van der Waals surface area contributed by atoms with Crippen molar-refractivity contribution in [2.24, 2.45) is 0 Å². The molecule has 124 valence electrons. The fourth-order valence-corrected chi connectivity index (χ4v) is 2.94. The van der Waals surface area contributed by atoms with Gasteiger partial charge in [0.1, 0.15) is 5.82 Å². The van der Waals surface area contributed by atoms with Crippen molar-refractivity contribution < 1.29 is 18.9 Å². The number of aromatic nitrogens is 2. The molecule has 0 fully saturated rings. The monoisotopic (exact) mass is 336 g/mol. The Balaban J connectivity index is 1.57. The van der Waals surface area contributed by atoms with Gasteiger partial charge in [-0.25, -0.2) is 4.39 Å². The molecule has 1 aliphatic rings. The number of halogens is 1. The van der Waals surface area contributed by atoms with E-state index in [0.29, 0.717) is 16.7 Å². The number of hydrogen-bond acceptors (Lipinski definition) is 4. The number of carbonyl (C=O) groups excluding carboxylic acids is 1. The summed E-state index contributed by atoms with van der Waals surface area (Å²) in [5.41, 5.74) is 3.21. The zero-order chi connectivity index (χ0) is 17.4. The van der Waals surface area contributed by atoms with Gasteiger partial charge in [-0.2, -0.15) is 5.10 Å². The average Bonchev–Trinajstić information content (AvgIpc) is 3.22. The van der Waals surface area contributed by atoms with E-state index in [9.17, 15) is 14.2 Å². The molecule has 4 rings (SSSR count). The van der Waals surface area contributed by atoms with E-state index in [1.54, 1.807) is 6.07 Å². The minimum atomic E-state index is -1.11. The minimum Gasteiger partial charge on any atom is -0.423 e. The first-order valence-electron chi connectivity index (χ1n) is 7.86. The van der Waals surface area contributed by atoms with Gasteiger partial charge in [-0.15, -0.1) is 0 Å². The fourth-order valence-electron chi connectivity index (χ4n) is 2.94. The maximum Gasteiger partial charge on any atom is 0.491 e. The molecule has 2 N–H and O–H groups in total. The molecular formula is C18H14BFN2O3. The molecule has 0 saturated heterocycles. The first-order valence-corrected chi connectivity index (χ1v) is 7.86. The van der Waals surface area contributed by atoms with Crippen LogP contribution >= 0.6 is 0 Å². The third-order valence-electron chi connectivity index (χ3n) is 4.24. The summed E-state index contributed by atoms with van der Waals surface area (Å²) in [6.45, 7) is 0.142. The second-order valence-electron chi connectivity index (χ2n) is 5.94. The van der Waals surface area contributed by atoms with Crippen LogP contribution in [0, 0.1) is 5.82 Å². The molecule has 1 aliphatic heterocycles. The van der Waals surface area contributed by atoms with E-state index in [2.05, 4.69) is 10.2 Å². The SMILES string of the molecule is O=C(Cc1cc(-c2ccccc2)n[nH]1)c1cc2c(cc1F)COB2O. The van der Waals surface area contributed by atoms with Crippen LogP contribution in [0.5, 0.6) is 0 Å². The zero-order valence-electron chi connectivity index (χ0n) is 13.2. The van der Waals surface area contributed by atoms with E-state index in [0.717, 1.165) is 11.3 Å². The summed E-state index contributed by atoms with van der Waals surface area (Å²) in [7, 11) is -1.11. The maximum absolute atomic E-state index is 14.2. The quantitative estimate of drug-likeness (QED) is 0.563. The average molecular weight is 336 g/mol. The van der Waals surface area contributed by atoms with Crippen molar-refractivity contribution in [3.05, 3.63) is 71.2 Å². The van der Waals surface area contributed by atoms with Crippen LogP contribution in [0.1, 0.15) is 21.6 Å². The summed E-state index contributed by atoms with van der Waals surface area (Å²) in [6.07, 6.45) is -0.00745. The smallest absolute Gasteiger partial charge is 0.423 e. The van der Waals surface area contributed by atoms with Crippen molar-refractivity contribution in [2.45, 2.75) is 13.0 Å². The van der Waals surface area contributed by atoms with Gasteiger partial charge in [0.2, 0.25) is 0 Å². The van der Waals surface area contributed by atoms with Crippen LogP contribution in [0.25, 0.3) is 11.3 Å². The van der Waals surface area contributed by atoms with Gasteiger partial charge in [-0.05, 0) is 29.2 Å². The highest BCUT2D eigenvalue weighted by Gasteiger charge is 2.30. The van der Waals surface area contributed by atoms with E-state index < -0.39 is 12.9 Å². The molecule has 0 bridgehead atoms. The van der Waals surface area contributed by atoms with Gasteiger partial charge < -0.3 is 9.68 Å². The van der Waals surface area contributed by atoms with E-state index in [1.807, 2.05) is 30.3 Å². The normalized spacial score (nSPS) is 13.1. The standard InChI is InChI=1S/C18H14BFN2O3/c20-16-6-12-10-25-19(24)15(12)9-14(16)18(23)8-13-7-17(22-21-13)11-4-2-1-3-5-11/h1-7,9,24H,8,10H2,(H,21,22). The number of H-pyrrole nitrogens is 1. The third kappa shape index (κ3) is 2.99. The lowest BCUT2D eigenvalue weighted by Crippen LogP contribution is -2.29. The first-order chi connectivity index (χ1) is 12.1. The van der Waals surface area contributed by atoms with Crippen LogP contribution in [-0.4, -0.2) is 28.1 Å². The number of nitrogens with one attached hydrogen (secondary N) is 1. The summed E-state index contributed by atoms with van der Waals surface area (Å²) >= 11 is 0. The van der Waals surface area contributed by atoms with Crippen LogP contribution in [0.3, 0.4) is 0 Å². The predicted octanol–water partition coefficient (Wildman–Crippen LogP) is 1.86. The van der Waals surface area contributed by atoms with Gasteiger partial charge in [0.15, 0.2) is 5.78 Å². The van der Waals surface area contributed by atoms with Gasteiger partial charge in [0.25, 0.3) is 0 Å². The molecule has 25 heavy (non-hydrogen) atoms. The summed E-state index contributed by atoms with van der Waals surface area (Å²) in [5.74, 6) is -0.994. The van der Waals surface area contributed by atoms with Crippen LogP contribution in [-0.2, 0) is 17.7 Å². The predicted molar refractivity (Wildman–Crippen MR) is 90.9 cm³/mol. The van der Waals surface area contributed by atoms with Gasteiger partial charge in [-0.3, -0.25) is 9.89 Å². The Labute approximate surface area is 143 Å². The number of rotatable bonds is 4. The Morgan fingerprint density at radius 3 is 2.88 bits per heavy atom. The van der Waals surface area contributed by atoms with Crippen LogP contribution in [0.15, 0.2) is 48.5 Å². The van der Waals surface area contributed by atoms with Gasteiger partial charge in [-0.1, -0.05) is 30.3 Å². The van der Waals surface area contributed by atoms with Crippen LogP contribution in [0.4, 0.5) is 4.39 Å². The van der Waals surface area contributed by atoms with Crippen molar-refractivity contribution in [3.8, 4) is 11.3 Å². The highest BCUT2D eigenvalue weighted by molar-refractivity contribution is 6.61. The number of fused-ring (bicyclic) bond motifs is 1. The Hall–Kier alpha value is -2.77. The molecule has 2 heterocycles. The lowest BCUT2D eigenvalue weighted by Gasteiger charge is -2.05. The van der Waals surface area contributed by atoms with E-state index in [-0.39, 0.29) is 24.4 Å². The number of Topliss-reactive ketones (excluding diaryl/α,β-unsaturated/α-hetero) is 1. The van der Waals surface area contributed by atoms with E-state index in [4.69, 9.17) is 4.65 Å². The lowest BCUT2D eigenvalue weighted by atomic mass is 9.78. The molecular weight excluding hydrogens is 322 g/mol. The molecule has 0 atom stereocenters. The van der Waals surface area contributed by atoms with Crippen LogP contribution in [0.2, 0.25) is 0 Å². The molecule has 0 spiro atoms. The molecule has 5 nitrogen and oxygen atoms in total. The molecule has 2 aromatic carbocycles. The number of hydrogen-bond donors (Lipinski definition) is 2. The molecule has 0 unspecified atom stereocenters. The Bertz CT molecular complexity index is 943. The second-order valence-corrected chi connectivity index (χ2v) is 5.94. The highest BCUT2D eigenvalue weighted by Crippen LogP contribution is 2.20. The number of carbonyl (C=O) groups is 1. The Morgan fingerprint density at radius 1 is 1.28 bits per heavy atom. The molecule has 1 aromatic heterocycles. The molecule has 0 amide bonds. The maximum atomic E-state index is 14.2. The van der Waals surface area contributed by atoms with Crippen molar-refractivity contribution in [1.82, 2.24) is 10.2 Å². The zero-order valence-corrected chi connectivity index (χ0v) is 13.2. The Kier molecular flexibility index (Phi) is 3.95. The molecule has 0 aliphatic carbocycles. The van der Waals surface area contributed by atoms with Gasteiger partial charge in [0.05, 0.1) is 24.3 Å². The fraction of sp³-hybridized carbons (Fsp3) is 0.111. The molecule has 0 radical (unpaired) electrons. The summed E-state index contributed by atoms with van der Waals surface area (Å²) in [5, 5.41) is 16.7. The molecule has 0 saturated carbocycles. The highest BCUT2D eigenvalue weighted by atomic mass is 19.1. The number of nitrogens with zero attached hydrogens (tertiary/aromatic N) is 1. The third-order valence-corrected chi connectivity index (χ3v) is 4.24.